The van der Waals surface area contributed by atoms with Crippen LogP contribution in [0, 0.1) is 0 Å². The molecule has 6 nitrogen and oxygen atoms in total. The van der Waals surface area contributed by atoms with Crippen molar-refractivity contribution in [1.29, 1.82) is 0 Å². The first-order valence-corrected chi connectivity index (χ1v) is 9.72. The second-order valence-corrected chi connectivity index (χ2v) is 7.87. The number of sulfonamides is 1. The summed E-state index contributed by atoms with van der Waals surface area (Å²) in [5.41, 5.74) is 0. The van der Waals surface area contributed by atoms with E-state index < -0.39 is 22.0 Å². The van der Waals surface area contributed by atoms with Crippen molar-refractivity contribution in [1.82, 2.24) is 4.72 Å². The lowest BCUT2D eigenvalue weighted by Crippen LogP contribution is -2.40. The fourth-order valence-corrected chi connectivity index (χ4v) is 4.25. The Bertz CT molecular complexity index is 643. The zero-order valence-electron chi connectivity index (χ0n) is 12.8. The summed E-state index contributed by atoms with van der Waals surface area (Å²) >= 11 is 3.16. The van der Waals surface area contributed by atoms with Gasteiger partial charge in [-0.15, -0.1) is 0 Å². The molecule has 1 amide bonds. The molecule has 0 aliphatic carbocycles. The minimum Gasteiger partial charge on any atom is -0.376 e. The first-order chi connectivity index (χ1) is 10.9. The Labute approximate surface area is 144 Å². The quantitative estimate of drug-likeness (QED) is 0.784. The van der Waals surface area contributed by atoms with Crippen LogP contribution < -0.4 is 4.72 Å². The number of benzene rings is 1. The van der Waals surface area contributed by atoms with E-state index >= 15 is 0 Å². The maximum absolute atomic E-state index is 12.2. The van der Waals surface area contributed by atoms with Gasteiger partial charge in [-0.05, 0) is 54.2 Å². The Hall–Kier alpha value is -0.960. The smallest absolute Gasteiger partial charge is 0.265 e. The highest BCUT2D eigenvalue weighted by molar-refractivity contribution is 9.10. The lowest BCUT2D eigenvalue weighted by atomic mass is 10.1. The lowest BCUT2D eigenvalue weighted by molar-refractivity contribution is -0.133. The standard InChI is InChI=1S/C15H20BrNO5S/c1-11(22-10-12-6-4-5-9-21-12)15(18)17-23(19,20)14-8-3-2-7-13(14)16/h2-3,7-8,11-12H,4-6,9-10H2,1H3,(H,17,18)/t11-,12+/m0/s1. The molecular weight excluding hydrogens is 386 g/mol. The summed E-state index contributed by atoms with van der Waals surface area (Å²) in [6.07, 6.45) is 2.10. The van der Waals surface area contributed by atoms with E-state index in [2.05, 4.69) is 15.9 Å². The van der Waals surface area contributed by atoms with Gasteiger partial charge in [0.15, 0.2) is 0 Å². The Kier molecular flexibility index (Phi) is 6.58. The average Bonchev–Trinajstić information content (AvgIpc) is 2.53. The second kappa shape index (κ2) is 8.23. The topological polar surface area (TPSA) is 81.7 Å². The van der Waals surface area contributed by atoms with Gasteiger partial charge in [0, 0.05) is 11.1 Å². The first-order valence-electron chi connectivity index (χ1n) is 7.44. The van der Waals surface area contributed by atoms with Gasteiger partial charge in [-0.1, -0.05) is 12.1 Å². The summed E-state index contributed by atoms with van der Waals surface area (Å²) in [7, 11) is -3.94. The fourth-order valence-electron chi connectivity index (χ4n) is 2.20. The molecule has 0 radical (unpaired) electrons. The zero-order valence-corrected chi connectivity index (χ0v) is 15.2. The number of carbonyl (C=O) groups excluding carboxylic acids is 1. The molecule has 0 saturated carbocycles. The molecular formula is C15H20BrNO5S. The van der Waals surface area contributed by atoms with E-state index in [4.69, 9.17) is 9.47 Å². The van der Waals surface area contributed by atoms with Gasteiger partial charge in [0.05, 0.1) is 12.7 Å². The summed E-state index contributed by atoms with van der Waals surface area (Å²) in [5, 5.41) is 0. The Balaban J connectivity index is 1.91. The van der Waals surface area contributed by atoms with Crippen LogP contribution in [0.2, 0.25) is 0 Å². The van der Waals surface area contributed by atoms with Crippen LogP contribution in [0.25, 0.3) is 0 Å². The van der Waals surface area contributed by atoms with Gasteiger partial charge >= 0.3 is 0 Å². The molecule has 1 fully saturated rings. The number of halogens is 1. The average molecular weight is 406 g/mol. The van der Waals surface area contributed by atoms with Crippen molar-refractivity contribution in [3.05, 3.63) is 28.7 Å². The molecule has 1 aliphatic heterocycles. The van der Waals surface area contributed by atoms with Crippen molar-refractivity contribution in [2.24, 2.45) is 0 Å². The monoisotopic (exact) mass is 405 g/mol. The summed E-state index contributed by atoms with van der Waals surface area (Å²) < 4.78 is 37.8. The number of nitrogens with one attached hydrogen (secondary N) is 1. The molecule has 0 bridgehead atoms. The van der Waals surface area contributed by atoms with Crippen LogP contribution in [-0.2, 0) is 24.3 Å². The van der Waals surface area contributed by atoms with Gasteiger partial charge in [0.25, 0.3) is 15.9 Å². The normalized spacial score (nSPS) is 20.0. The predicted octanol–water partition coefficient (Wildman–Crippen LogP) is 2.23. The van der Waals surface area contributed by atoms with E-state index in [1.165, 1.54) is 13.0 Å². The van der Waals surface area contributed by atoms with Crippen molar-refractivity contribution in [3.8, 4) is 0 Å². The van der Waals surface area contributed by atoms with Crippen LogP contribution in [0.1, 0.15) is 26.2 Å². The van der Waals surface area contributed by atoms with E-state index in [-0.39, 0.29) is 17.6 Å². The van der Waals surface area contributed by atoms with E-state index in [1.54, 1.807) is 18.2 Å². The minimum atomic E-state index is -3.94. The number of ether oxygens (including phenoxy) is 2. The van der Waals surface area contributed by atoms with Gasteiger partial charge in [0.1, 0.15) is 11.0 Å². The highest BCUT2D eigenvalue weighted by Crippen LogP contribution is 2.21. The summed E-state index contributed by atoms with van der Waals surface area (Å²) in [6.45, 7) is 2.50. The van der Waals surface area contributed by atoms with Gasteiger partial charge in [0.2, 0.25) is 0 Å². The molecule has 2 atom stereocenters. The molecule has 0 aromatic heterocycles. The molecule has 8 heteroatoms. The second-order valence-electron chi connectivity index (χ2n) is 5.36. The van der Waals surface area contributed by atoms with Gasteiger partial charge < -0.3 is 9.47 Å². The van der Waals surface area contributed by atoms with Crippen molar-refractivity contribution in [3.63, 3.8) is 0 Å². The summed E-state index contributed by atoms with van der Waals surface area (Å²) in [4.78, 5) is 12.1. The van der Waals surface area contributed by atoms with Crippen molar-refractivity contribution in [2.75, 3.05) is 13.2 Å². The van der Waals surface area contributed by atoms with Gasteiger partial charge in [-0.3, -0.25) is 4.79 Å². The maximum atomic E-state index is 12.2. The molecule has 128 valence electrons. The molecule has 2 rings (SSSR count). The molecule has 1 aliphatic rings. The van der Waals surface area contributed by atoms with E-state index in [0.29, 0.717) is 11.1 Å². The van der Waals surface area contributed by atoms with Crippen LogP contribution in [-0.4, -0.2) is 39.7 Å². The summed E-state index contributed by atoms with van der Waals surface area (Å²) in [5.74, 6) is -0.698. The van der Waals surface area contributed by atoms with Crippen molar-refractivity contribution in [2.45, 2.75) is 43.3 Å². The number of amides is 1. The van der Waals surface area contributed by atoms with E-state index in [9.17, 15) is 13.2 Å². The SMILES string of the molecule is C[C@H](OC[C@H]1CCCCO1)C(=O)NS(=O)(=O)c1ccccc1Br. The van der Waals surface area contributed by atoms with Gasteiger partial charge in [-0.2, -0.15) is 0 Å². The number of rotatable bonds is 6. The maximum Gasteiger partial charge on any atom is 0.265 e. The highest BCUT2D eigenvalue weighted by atomic mass is 79.9. The molecule has 1 saturated heterocycles. The lowest BCUT2D eigenvalue weighted by Gasteiger charge is -2.23. The zero-order chi connectivity index (χ0) is 16.9. The Morgan fingerprint density at radius 3 is 2.83 bits per heavy atom. The number of hydrogen-bond donors (Lipinski definition) is 1. The third-order valence-corrected chi connectivity index (χ3v) is 5.90. The van der Waals surface area contributed by atoms with Crippen LogP contribution >= 0.6 is 15.9 Å². The highest BCUT2D eigenvalue weighted by Gasteiger charge is 2.25. The van der Waals surface area contributed by atoms with Crippen LogP contribution in [0.3, 0.4) is 0 Å². The van der Waals surface area contributed by atoms with Crippen LogP contribution in [0.15, 0.2) is 33.6 Å². The van der Waals surface area contributed by atoms with Crippen LogP contribution in [0.5, 0.6) is 0 Å². The predicted molar refractivity (Wildman–Crippen MR) is 88.5 cm³/mol. The Morgan fingerprint density at radius 1 is 1.43 bits per heavy atom. The van der Waals surface area contributed by atoms with E-state index in [1.807, 2.05) is 4.72 Å². The number of carbonyl (C=O) groups is 1. The largest absolute Gasteiger partial charge is 0.376 e. The first kappa shape index (κ1) is 18.4. The van der Waals surface area contributed by atoms with Gasteiger partial charge in [-0.25, -0.2) is 13.1 Å². The molecule has 1 aromatic carbocycles. The Morgan fingerprint density at radius 2 is 2.17 bits per heavy atom. The third-order valence-electron chi connectivity index (χ3n) is 3.54. The number of hydrogen-bond acceptors (Lipinski definition) is 5. The van der Waals surface area contributed by atoms with Crippen molar-refractivity contribution >= 4 is 31.9 Å². The molecule has 1 aromatic rings. The molecule has 23 heavy (non-hydrogen) atoms. The summed E-state index contributed by atoms with van der Waals surface area (Å²) in [6, 6.07) is 6.30. The minimum absolute atomic E-state index is 0.0103. The fraction of sp³-hybridized carbons (Fsp3) is 0.533. The van der Waals surface area contributed by atoms with Crippen LogP contribution in [0.4, 0.5) is 0 Å². The molecule has 0 unspecified atom stereocenters. The van der Waals surface area contributed by atoms with Crippen molar-refractivity contribution < 1.29 is 22.7 Å². The molecule has 1 N–H and O–H groups in total. The van der Waals surface area contributed by atoms with E-state index in [0.717, 1.165) is 19.3 Å². The third kappa shape index (κ3) is 5.27. The molecule has 0 spiro atoms. The molecule has 1 heterocycles.